The second-order valence-corrected chi connectivity index (χ2v) is 6.10. The van der Waals surface area contributed by atoms with Gasteiger partial charge in [-0.1, -0.05) is 60.6 Å². The van der Waals surface area contributed by atoms with Crippen molar-refractivity contribution in [3.05, 3.63) is 35.0 Å². The molecule has 0 saturated carbocycles. The van der Waals surface area contributed by atoms with Gasteiger partial charge in [0.2, 0.25) is 0 Å². The number of rotatable bonds is 0. The van der Waals surface area contributed by atoms with Crippen LogP contribution in [0.3, 0.4) is 0 Å². The van der Waals surface area contributed by atoms with Crippen LogP contribution in [0.1, 0.15) is 95.9 Å². The van der Waals surface area contributed by atoms with Gasteiger partial charge in [0.15, 0.2) is 5.78 Å². The van der Waals surface area contributed by atoms with E-state index in [4.69, 9.17) is 0 Å². The van der Waals surface area contributed by atoms with Crippen LogP contribution in [0.25, 0.3) is 10.9 Å². The Morgan fingerprint density at radius 2 is 1.52 bits per heavy atom. The minimum Gasteiger partial charge on any atom is -0.340 e. The Balaban J connectivity index is 0.000000475. The number of hydrogen-bond donors (Lipinski definition) is 0. The zero-order valence-corrected chi connectivity index (χ0v) is 17.6. The molecule has 0 saturated heterocycles. The van der Waals surface area contributed by atoms with Crippen LogP contribution in [0, 0.1) is 5.92 Å². The summed E-state index contributed by atoms with van der Waals surface area (Å²) in [5.41, 5.74) is 5.17. The highest BCUT2D eigenvalue weighted by atomic mass is 16.1. The van der Waals surface area contributed by atoms with E-state index in [1.54, 1.807) is 0 Å². The quantitative estimate of drug-likeness (QED) is 0.505. The van der Waals surface area contributed by atoms with E-state index in [-0.39, 0.29) is 5.92 Å². The van der Waals surface area contributed by atoms with Crippen molar-refractivity contribution in [3.8, 4) is 0 Å². The normalized spacial score (nSPS) is 20.2. The van der Waals surface area contributed by atoms with Crippen molar-refractivity contribution in [2.45, 2.75) is 87.1 Å². The van der Waals surface area contributed by atoms with Crippen molar-refractivity contribution < 1.29 is 4.79 Å². The van der Waals surface area contributed by atoms with Crippen molar-refractivity contribution >= 4 is 16.7 Å². The van der Waals surface area contributed by atoms with Gasteiger partial charge in [-0.3, -0.25) is 4.79 Å². The summed E-state index contributed by atoms with van der Waals surface area (Å²) in [6.45, 7) is 16.3. The molecule has 2 heteroatoms. The predicted octanol–water partition coefficient (Wildman–Crippen LogP) is 6.99. The molecule has 2 nitrogen and oxygen atoms in total. The van der Waals surface area contributed by atoms with Gasteiger partial charge >= 0.3 is 0 Å². The smallest absolute Gasteiger partial charge is 0.169 e. The number of aromatic nitrogens is 1. The number of nitrogens with zero attached hydrogens (tertiary/aromatic N) is 1. The number of para-hydroxylation sites is 1. The summed E-state index contributed by atoms with van der Waals surface area (Å²) in [7, 11) is 0. The molecule has 1 aliphatic carbocycles. The van der Waals surface area contributed by atoms with E-state index in [1.807, 2.05) is 47.6 Å². The molecule has 2 aromatic rings. The van der Waals surface area contributed by atoms with E-state index in [1.165, 1.54) is 47.8 Å². The maximum Gasteiger partial charge on any atom is 0.169 e. The summed E-state index contributed by atoms with van der Waals surface area (Å²) < 4.78 is 2.48. The molecule has 2 aliphatic rings. The number of hydrogen-bond acceptors (Lipinski definition) is 1. The van der Waals surface area contributed by atoms with Crippen molar-refractivity contribution in [2.24, 2.45) is 5.92 Å². The lowest BCUT2D eigenvalue weighted by atomic mass is 9.88. The lowest BCUT2D eigenvalue weighted by Crippen LogP contribution is -2.29. The molecule has 2 atom stereocenters. The molecule has 0 spiro atoms. The number of benzene rings is 1. The van der Waals surface area contributed by atoms with Crippen molar-refractivity contribution in [1.82, 2.24) is 4.57 Å². The summed E-state index contributed by atoms with van der Waals surface area (Å²) in [6.07, 6.45) is 4.92. The Hall–Kier alpha value is -1.57. The van der Waals surface area contributed by atoms with Gasteiger partial charge < -0.3 is 4.57 Å². The number of carbonyl (C=O) groups excluding carboxylic acids is 1. The standard InChI is InChI=1S/C17H19NO.3C2H6/c1-10-11(2)18-15-9-4-3-6-12(15)13-7-5-8-14(16(13)18)17(10)19;3*1-2/h5,7-8,10-11H,3-4,6,9H2,1-2H3;3*1-2H3. The van der Waals surface area contributed by atoms with E-state index in [0.29, 0.717) is 11.8 Å². The molecule has 1 aliphatic heterocycles. The Labute approximate surface area is 154 Å². The highest BCUT2D eigenvalue weighted by Gasteiger charge is 2.35. The Morgan fingerprint density at radius 1 is 0.920 bits per heavy atom. The first kappa shape index (κ1) is 21.5. The minimum atomic E-state index is 0.0940. The number of ketones is 1. The first-order valence-corrected chi connectivity index (χ1v) is 10.4. The summed E-state index contributed by atoms with van der Waals surface area (Å²) in [4.78, 5) is 12.5. The van der Waals surface area contributed by atoms with Gasteiger partial charge in [0, 0.05) is 28.6 Å². The third kappa shape index (κ3) is 3.54. The fourth-order valence-electron chi connectivity index (χ4n) is 3.96. The molecule has 4 rings (SSSR count). The van der Waals surface area contributed by atoms with Gasteiger partial charge in [-0.15, -0.1) is 0 Å². The number of Topliss-reactive ketones (excluding diaryl/α,β-unsaturated/α-hetero) is 1. The zero-order chi connectivity index (χ0) is 19.1. The zero-order valence-electron chi connectivity index (χ0n) is 17.6. The summed E-state index contributed by atoms with van der Waals surface area (Å²) in [5, 5.41) is 1.33. The van der Waals surface area contributed by atoms with Crippen molar-refractivity contribution in [2.75, 3.05) is 0 Å². The molecule has 25 heavy (non-hydrogen) atoms. The van der Waals surface area contributed by atoms with Crippen LogP contribution in [-0.4, -0.2) is 10.4 Å². The Kier molecular flexibility index (Phi) is 8.41. The summed E-state index contributed by atoms with van der Waals surface area (Å²) in [6, 6.07) is 6.56. The van der Waals surface area contributed by atoms with E-state index in [2.05, 4.69) is 30.5 Å². The van der Waals surface area contributed by atoms with Gasteiger partial charge in [0.1, 0.15) is 0 Å². The molecule has 1 aromatic heterocycles. The average molecular weight is 344 g/mol. The van der Waals surface area contributed by atoms with Crippen LogP contribution in [0.4, 0.5) is 0 Å². The molecular formula is C23H37NO. The number of fused-ring (bicyclic) bond motifs is 3. The molecule has 0 fully saturated rings. The topological polar surface area (TPSA) is 22.0 Å². The van der Waals surface area contributed by atoms with Crippen LogP contribution < -0.4 is 0 Å². The average Bonchev–Trinajstić information content (AvgIpc) is 3.05. The van der Waals surface area contributed by atoms with Crippen LogP contribution in [0.5, 0.6) is 0 Å². The van der Waals surface area contributed by atoms with Gasteiger partial charge in [-0.25, -0.2) is 0 Å². The molecule has 2 heterocycles. The molecular weight excluding hydrogens is 306 g/mol. The van der Waals surface area contributed by atoms with Crippen LogP contribution >= 0.6 is 0 Å². The molecule has 0 bridgehead atoms. The van der Waals surface area contributed by atoms with E-state index < -0.39 is 0 Å². The van der Waals surface area contributed by atoms with Crippen LogP contribution in [0.15, 0.2) is 18.2 Å². The first-order valence-electron chi connectivity index (χ1n) is 10.4. The molecule has 0 N–H and O–H groups in total. The third-order valence-corrected chi connectivity index (χ3v) is 5.14. The maximum atomic E-state index is 12.5. The highest BCUT2D eigenvalue weighted by molar-refractivity contribution is 6.10. The van der Waals surface area contributed by atoms with Gasteiger partial charge in [0.25, 0.3) is 0 Å². The first-order chi connectivity index (χ1) is 12.2. The van der Waals surface area contributed by atoms with Crippen LogP contribution in [0.2, 0.25) is 0 Å². The molecule has 0 radical (unpaired) electrons. The Morgan fingerprint density at radius 3 is 2.16 bits per heavy atom. The monoisotopic (exact) mass is 343 g/mol. The van der Waals surface area contributed by atoms with Crippen LogP contribution in [-0.2, 0) is 12.8 Å². The lowest BCUT2D eigenvalue weighted by molar-refractivity contribution is 0.0888. The molecule has 1 aromatic carbocycles. The fourth-order valence-corrected chi connectivity index (χ4v) is 3.96. The lowest BCUT2D eigenvalue weighted by Gasteiger charge is -2.30. The van der Waals surface area contributed by atoms with Crippen molar-refractivity contribution in [1.29, 1.82) is 0 Å². The second kappa shape index (κ2) is 9.79. The largest absolute Gasteiger partial charge is 0.340 e. The van der Waals surface area contributed by atoms with E-state index in [0.717, 1.165) is 5.56 Å². The molecule has 0 amide bonds. The fraction of sp³-hybridized carbons (Fsp3) is 0.609. The number of carbonyl (C=O) groups is 1. The summed E-state index contributed by atoms with van der Waals surface area (Å²) in [5.74, 6) is 0.414. The third-order valence-electron chi connectivity index (χ3n) is 5.14. The predicted molar refractivity (Wildman–Crippen MR) is 111 cm³/mol. The van der Waals surface area contributed by atoms with Gasteiger partial charge in [-0.2, -0.15) is 0 Å². The van der Waals surface area contributed by atoms with E-state index >= 15 is 0 Å². The van der Waals surface area contributed by atoms with E-state index in [9.17, 15) is 4.79 Å². The highest BCUT2D eigenvalue weighted by Crippen LogP contribution is 2.41. The number of aryl methyl sites for hydroxylation is 1. The summed E-state index contributed by atoms with van der Waals surface area (Å²) >= 11 is 0. The maximum absolute atomic E-state index is 12.5. The van der Waals surface area contributed by atoms with Crippen molar-refractivity contribution in [3.63, 3.8) is 0 Å². The minimum absolute atomic E-state index is 0.0940. The SMILES string of the molecule is CC.CC.CC.CC1C(=O)c2cccc3c4c(n(c23)C1C)CCCC4. The molecule has 2 unspecified atom stereocenters. The second-order valence-electron chi connectivity index (χ2n) is 6.10. The molecule has 140 valence electrons. The van der Waals surface area contributed by atoms with Gasteiger partial charge in [0.05, 0.1) is 5.52 Å². The van der Waals surface area contributed by atoms with Gasteiger partial charge in [-0.05, 0) is 44.2 Å². The Bertz CT molecular complexity index is 696.